The van der Waals surface area contributed by atoms with Gasteiger partial charge in [0.05, 0.1) is 12.7 Å². The molecule has 2 atom stereocenters. The van der Waals surface area contributed by atoms with Gasteiger partial charge in [0.15, 0.2) is 0 Å². The highest BCUT2D eigenvalue weighted by molar-refractivity contribution is 5.97. The lowest BCUT2D eigenvalue weighted by Gasteiger charge is -2.50. The predicted octanol–water partition coefficient (Wildman–Crippen LogP) is 1.55. The molecule has 3 N–H and O–H groups in total. The molecule has 1 aliphatic carbocycles. The minimum absolute atomic E-state index is 0.0440. The van der Waals surface area contributed by atoms with E-state index in [0.717, 1.165) is 6.42 Å². The molecule has 0 radical (unpaired) electrons. The van der Waals surface area contributed by atoms with E-state index in [1.54, 1.807) is 19.2 Å². The summed E-state index contributed by atoms with van der Waals surface area (Å²) in [4.78, 5) is 12.2. The molecule has 0 saturated heterocycles. The van der Waals surface area contributed by atoms with Gasteiger partial charge in [0.1, 0.15) is 5.75 Å². The number of nitrogens with two attached hydrogens (primary N) is 1. The highest BCUT2D eigenvalue weighted by Crippen LogP contribution is 2.39. The van der Waals surface area contributed by atoms with E-state index >= 15 is 0 Å². The van der Waals surface area contributed by atoms with Crippen LogP contribution in [0.3, 0.4) is 0 Å². The van der Waals surface area contributed by atoms with Crippen LogP contribution in [0.15, 0.2) is 24.3 Å². The normalized spacial score (nSPS) is 25.1. The number of methoxy groups -OCH3 is 1. The van der Waals surface area contributed by atoms with Crippen LogP contribution in [0.2, 0.25) is 0 Å². The van der Waals surface area contributed by atoms with Crippen molar-refractivity contribution in [2.24, 2.45) is 11.1 Å². The van der Waals surface area contributed by atoms with Crippen LogP contribution in [0.4, 0.5) is 0 Å². The SMILES string of the molecule is COc1ccccc1C(=O)NC1CC(N)C1(C)C. The highest BCUT2D eigenvalue weighted by atomic mass is 16.5. The summed E-state index contributed by atoms with van der Waals surface area (Å²) in [5.74, 6) is 0.494. The van der Waals surface area contributed by atoms with Crippen LogP contribution >= 0.6 is 0 Å². The highest BCUT2D eigenvalue weighted by Gasteiger charge is 2.46. The molecule has 0 heterocycles. The van der Waals surface area contributed by atoms with Crippen molar-refractivity contribution in [2.75, 3.05) is 7.11 Å². The van der Waals surface area contributed by atoms with Gasteiger partial charge in [-0.05, 0) is 18.6 Å². The smallest absolute Gasteiger partial charge is 0.255 e. The van der Waals surface area contributed by atoms with Crippen LogP contribution in [-0.4, -0.2) is 25.1 Å². The van der Waals surface area contributed by atoms with Gasteiger partial charge in [0.25, 0.3) is 5.91 Å². The molecule has 0 aliphatic heterocycles. The molecule has 1 aromatic rings. The topological polar surface area (TPSA) is 64.3 Å². The average molecular weight is 248 g/mol. The van der Waals surface area contributed by atoms with Gasteiger partial charge in [-0.25, -0.2) is 0 Å². The van der Waals surface area contributed by atoms with Crippen molar-refractivity contribution in [3.63, 3.8) is 0 Å². The third kappa shape index (κ3) is 2.08. The van der Waals surface area contributed by atoms with Crippen molar-refractivity contribution >= 4 is 5.91 Å². The second kappa shape index (κ2) is 4.61. The van der Waals surface area contributed by atoms with Gasteiger partial charge in [0, 0.05) is 17.5 Å². The molecule has 2 rings (SSSR count). The van der Waals surface area contributed by atoms with Gasteiger partial charge in [-0.2, -0.15) is 0 Å². The molecule has 2 unspecified atom stereocenters. The standard InChI is InChI=1S/C14H20N2O2/c1-14(2)11(15)8-12(14)16-13(17)9-6-4-5-7-10(9)18-3/h4-7,11-12H,8,15H2,1-3H3,(H,16,17). The van der Waals surface area contributed by atoms with Crippen LogP contribution in [0.25, 0.3) is 0 Å². The van der Waals surface area contributed by atoms with Crippen molar-refractivity contribution in [1.82, 2.24) is 5.32 Å². The summed E-state index contributed by atoms with van der Waals surface area (Å²) in [6.07, 6.45) is 0.827. The van der Waals surface area contributed by atoms with Gasteiger partial charge in [-0.1, -0.05) is 26.0 Å². The zero-order chi connectivity index (χ0) is 13.3. The summed E-state index contributed by atoms with van der Waals surface area (Å²) < 4.78 is 5.19. The third-order valence-electron chi connectivity index (χ3n) is 4.00. The number of para-hydroxylation sites is 1. The molecule has 1 saturated carbocycles. The van der Waals surface area contributed by atoms with Crippen LogP contribution in [0.1, 0.15) is 30.6 Å². The number of rotatable bonds is 3. The van der Waals surface area contributed by atoms with Gasteiger partial charge in [-0.15, -0.1) is 0 Å². The second-order valence-corrected chi connectivity index (χ2v) is 5.39. The molecule has 1 aromatic carbocycles. The first-order valence-electron chi connectivity index (χ1n) is 6.16. The van der Waals surface area contributed by atoms with Gasteiger partial charge in [0.2, 0.25) is 0 Å². The molecule has 0 spiro atoms. The summed E-state index contributed by atoms with van der Waals surface area (Å²) in [7, 11) is 1.56. The van der Waals surface area contributed by atoms with Crippen LogP contribution < -0.4 is 15.8 Å². The number of benzene rings is 1. The van der Waals surface area contributed by atoms with Crippen LogP contribution in [0, 0.1) is 5.41 Å². The Morgan fingerprint density at radius 3 is 2.67 bits per heavy atom. The largest absolute Gasteiger partial charge is 0.496 e. The maximum Gasteiger partial charge on any atom is 0.255 e. The Kier molecular flexibility index (Phi) is 3.30. The summed E-state index contributed by atoms with van der Waals surface area (Å²) >= 11 is 0. The van der Waals surface area contributed by atoms with Crippen LogP contribution in [-0.2, 0) is 0 Å². The molecule has 0 bridgehead atoms. The fourth-order valence-electron chi connectivity index (χ4n) is 2.27. The van der Waals surface area contributed by atoms with E-state index in [4.69, 9.17) is 10.5 Å². The Bertz CT molecular complexity index is 457. The number of ether oxygens (including phenoxy) is 1. The first kappa shape index (κ1) is 12.9. The molecule has 4 nitrogen and oxygen atoms in total. The van der Waals surface area contributed by atoms with Gasteiger partial charge < -0.3 is 15.8 Å². The lowest BCUT2D eigenvalue weighted by Crippen LogP contribution is -2.64. The Hall–Kier alpha value is -1.55. The van der Waals surface area contributed by atoms with E-state index in [-0.39, 0.29) is 23.4 Å². The van der Waals surface area contributed by atoms with E-state index < -0.39 is 0 Å². The van der Waals surface area contributed by atoms with E-state index in [2.05, 4.69) is 19.2 Å². The molecular weight excluding hydrogens is 228 g/mol. The lowest BCUT2D eigenvalue weighted by molar-refractivity contribution is 0.0585. The van der Waals surface area contributed by atoms with E-state index in [1.165, 1.54) is 0 Å². The molecular formula is C14H20N2O2. The second-order valence-electron chi connectivity index (χ2n) is 5.39. The number of nitrogens with one attached hydrogen (secondary N) is 1. The van der Waals surface area contributed by atoms with E-state index in [1.807, 2.05) is 12.1 Å². The molecule has 1 amide bonds. The number of carbonyl (C=O) groups excluding carboxylic acids is 1. The maximum atomic E-state index is 12.2. The van der Waals surface area contributed by atoms with E-state index in [0.29, 0.717) is 11.3 Å². The summed E-state index contributed by atoms with van der Waals surface area (Å²) in [5.41, 5.74) is 6.46. The molecule has 98 valence electrons. The third-order valence-corrected chi connectivity index (χ3v) is 4.00. The minimum atomic E-state index is -0.0996. The van der Waals surface area contributed by atoms with E-state index in [9.17, 15) is 4.79 Å². The zero-order valence-corrected chi connectivity index (χ0v) is 11.1. The summed E-state index contributed by atoms with van der Waals surface area (Å²) in [5, 5.41) is 3.03. The van der Waals surface area contributed by atoms with Crippen molar-refractivity contribution < 1.29 is 9.53 Å². The number of hydrogen-bond donors (Lipinski definition) is 2. The lowest BCUT2D eigenvalue weighted by atomic mass is 9.63. The van der Waals surface area contributed by atoms with Crippen molar-refractivity contribution in [2.45, 2.75) is 32.4 Å². The van der Waals surface area contributed by atoms with Gasteiger partial charge >= 0.3 is 0 Å². The molecule has 18 heavy (non-hydrogen) atoms. The minimum Gasteiger partial charge on any atom is -0.496 e. The molecule has 4 heteroatoms. The maximum absolute atomic E-state index is 12.2. The molecule has 0 aromatic heterocycles. The Morgan fingerprint density at radius 1 is 1.44 bits per heavy atom. The Morgan fingerprint density at radius 2 is 2.11 bits per heavy atom. The Balaban J connectivity index is 2.09. The number of hydrogen-bond acceptors (Lipinski definition) is 3. The van der Waals surface area contributed by atoms with Crippen LogP contribution in [0.5, 0.6) is 5.75 Å². The fraction of sp³-hybridized carbons (Fsp3) is 0.500. The first-order valence-corrected chi connectivity index (χ1v) is 6.16. The number of amides is 1. The number of carbonyl (C=O) groups is 1. The van der Waals surface area contributed by atoms with Crippen molar-refractivity contribution in [3.05, 3.63) is 29.8 Å². The van der Waals surface area contributed by atoms with Crippen molar-refractivity contribution in [1.29, 1.82) is 0 Å². The summed E-state index contributed by atoms with van der Waals surface area (Å²) in [6, 6.07) is 7.51. The molecule has 1 aliphatic rings. The summed E-state index contributed by atoms with van der Waals surface area (Å²) in [6.45, 7) is 4.16. The predicted molar refractivity (Wildman–Crippen MR) is 70.6 cm³/mol. The molecule has 1 fully saturated rings. The first-order chi connectivity index (χ1) is 8.46. The quantitative estimate of drug-likeness (QED) is 0.853. The van der Waals surface area contributed by atoms with Crippen molar-refractivity contribution in [3.8, 4) is 5.75 Å². The monoisotopic (exact) mass is 248 g/mol. The fourth-order valence-corrected chi connectivity index (χ4v) is 2.27. The van der Waals surface area contributed by atoms with Gasteiger partial charge in [-0.3, -0.25) is 4.79 Å². The Labute approximate surface area is 108 Å². The zero-order valence-electron chi connectivity index (χ0n) is 11.1. The average Bonchev–Trinajstić information content (AvgIpc) is 2.38.